The van der Waals surface area contributed by atoms with Crippen LogP contribution in [0.5, 0.6) is 5.75 Å². The summed E-state index contributed by atoms with van der Waals surface area (Å²) in [4.78, 5) is 2.42. The van der Waals surface area contributed by atoms with Gasteiger partial charge in [-0.15, -0.1) is 0 Å². The molecule has 1 N–H and O–H groups in total. The highest BCUT2D eigenvalue weighted by Gasteiger charge is 2.11. The van der Waals surface area contributed by atoms with Gasteiger partial charge < -0.3 is 14.8 Å². The van der Waals surface area contributed by atoms with Gasteiger partial charge in [0.15, 0.2) is 11.6 Å². The molecule has 0 saturated carbocycles. The number of benzene rings is 1. The number of nitrogens with zero attached hydrogens (tertiary/aromatic N) is 1. The largest absolute Gasteiger partial charge is 0.494 e. The van der Waals surface area contributed by atoms with Crippen molar-refractivity contribution in [1.29, 1.82) is 0 Å². The molecular weight excluding hydrogens is 271 g/mol. The lowest BCUT2D eigenvalue weighted by Gasteiger charge is -2.26. The highest BCUT2D eigenvalue weighted by atomic mass is 19.1. The lowest BCUT2D eigenvalue weighted by molar-refractivity contribution is 0.0374. The van der Waals surface area contributed by atoms with Gasteiger partial charge in [-0.3, -0.25) is 4.90 Å². The average molecular weight is 296 g/mol. The molecule has 0 amide bonds. The molecule has 5 heteroatoms. The van der Waals surface area contributed by atoms with Gasteiger partial charge in [0.2, 0.25) is 0 Å². The molecule has 0 radical (unpaired) electrons. The van der Waals surface area contributed by atoms with E-state index in [1.807, 2.05) is 6.07 Å². The SMILES string of the molecule is COc1ccc(C(C)NCCCN2CCOCC2)cc1F. The van der Waals surface area contributed by atoms with Gasteiger partial charge in [0, 0.05) is 19.1 Å². The van der Waals surface area contributed by atoms with E-state index in [9.17, 15) is 4.39 Å². The molecule has 1 aromatic carbocycles. The van der Waals surface area contributed by atoms with Crippen LogP contribution in [0.15, 0.2) is 18.2 Å². The van der Waals surface area contributed by atoms with Crippen molar-refractivity contribution in [2.75, 3.05) is 46.5 Å². The first-order chi connectivity index (χ1) is 10.2. The zero-order chi connectivity index (χ0) is 15.1. The van der Waals surface area contributed by atoms with Crippen molar-refractivity contribution < 1.29 is 13.9 Å². The lowest BCUT2D eigenvalue weighted by atomic mass is 10.1. The normalized spacial score (nSPS) is 17.7. The summed E-state index contributed by atoms with van der Waals surface area (Å²) in [6.07, 6.45) is 1.09. The number of rotatable bonds is 7. The van der Waals surface area contributed by atoms with E-state index in [-0.39, 0.29) is 11.9 Å². The second-order valence-electron chi connectivity index (χ2n) is 5.38. The van der Waals surface area contributed by atoms with E-state index in [2.05, 4.69) is 17.1 Å². The van der Waals surface area contributed by atoms with Crippen LogP contribution >= 0.6 is 0 Å². The minimum absolute atomic E-state index is 0.134. The Morgan fingerprint density at radius 1 is 1.38 bits per heavy atom. The molecule has 2 rings (SSSR count). The van der Waals surface area contributed by atoms with E-state index in [1.54, 1.807) is 12.1 Å². The standard InChI is InChI=1S/C16H25FN2O2/c1-13(14-4-5-16(20-2)15(17)12-14)18-6-3-7-19-8-10-21-11-9-19/h4-5,12-13,18H,3,6-11H2,1-2H3. The van der Waals surface area contributed by atoms with Crippen molar-refractivity contribution >= 4 is 0 Å². The Hall–Kier alpha value is -1.17. The van der Waals surface area contributed by atoms with Crippen LogP contribution in [0.2, 0.25) is 0 Å². The van der Waals surface area contributed by atoms with Gasteiger partial charge in [-0.1, -0.05) is 6.07 Å². The number of morpholine rings is 1. The first-order valence-corrected chi connectivity index (χ1v) is 7.57. The summed E-state index contributed by atoms with van der Waals surface area (Å²) in [5.74, 6) is -0.0183. The third-order valence-corrected chi connectivity index (χ3v) is 3.88. The summed E-state index contributed by atoms with van der Waals surface area (Å²) in [6, 6.07) is 5.26. The number of methoxy groups -OCH3 is 1. The number of nitrogens with one attached hydrogen (secondary N) is 1. The van der Waals surface area contributed by atoms with Crippen LogP contribution in [0, 0.1) is 5.82 Å². The summed E-state index contributed by atoms with van der Waals surface area (Å²) in [6.45, 7) is 7.80. The van der Waals surface area contributed by atoms with E-state index in [0.29, 0.717) is 5.75 Å². The van der Waals surface area contributed by atoms with Gasteiger partial charge in [0.05, 0.1) is 20.3 Å². The molecule has 4 nitrogen and oxygen atoms in total. The molecule has 0 bridgehead atoms. The van der Waals surface area contributed by atoms with Gasteiger partial charge in [0.25, 0.3) is 0 Å². The first kappa shape index (κ1) is 16.2. The third kappa shape index (κ3) is 4.95. The van der Waals surface area contributed by atoms with Gasteiger partial charge in [-0.05, 0) is 44.1 Å². The summed E-state index contributed by atoms with van der Waals surface area (Å²) in [7, 11) is 1.48. The van der Waals surface area contributed by atoms with Crippen molar-refractivity contribution in [1.82, 2.24) is 10.2 Å². The molecule has 0 aliphatic carbocycles. The zero-order valence-electron chi connectivity index (χ0n) is 12.9. The summed E-state index contributed by atoms with van der Waals surface area (Å²) in [5.41, 5.74) is 0.944. The average Bonchev–Trinajstić information content (AvgIpc) is 2.52. The van der Waals surface area contributed by atoms with Crippen molar-refractivity contribution in [2.24, 2.45) is 0 Å². The van der Waals surface area contributed by atoms with Crippen LogP contribution in [-0.2, 0) is 4.74 Å². The van der Waals surface area contributed by atoms with Gasteiger partial charge in [-0.2, -0.15) is 0 Å². The number of hydrogen-bond donors (Lipinski definition) is 1. The number of hydrogen-bond acceptors (Lipinski definition) is 4. The Labute approximate surface area is 126 Å². The van der Waals surface area contributed by atoms with Crippen LogP contribution < -0.4 is 10.1 Å². The van der Waals surface area contributed by atoms with Gasteiger partial charge in [0.1, 0.15) is 0 Å². The second kappa shape index (κ2) is 8.32. The maximum absolute atomic E-state index is 13.7. The van der Waals surface area contributed by atoms with Crippen molar-refractivity contribution in [3.05, 3.63) is 29.6 Å². The maximum Gasteiger partial charge on any atom is 0.165 e. The molecule has 1 saturated heterocycles. The highest BCUT2D eigenvalue weighted by molar-refractivity contribution is 5.30. The number of ether oxygens (including phenoxy) is 2. The second-order valence-corrected chi connectivity index (χ2v) is 5.38. The van der Waals surface area contributed by atoms with Gasteiger partial charge in [-0.25, -0.2) is 4.39 Å². The quantitative estimate of drug-likeness (QED) is 0.782. The molecule has 118 valence electrons. The minimum Gasteiger partial charge on any atom is -0.494 e. The Morgan fingerprint density at radius 2 is 2.14 bits per heavy atom. The monoisotopic (exact) mass is 296 g/mol. The van der Waals surface area contributed by atoms with Gasteiger partial charge >= 0.3 is 0 Å². The van der Waals surface area contributed by atoms with Crippen LogP contribution in [0.3, 0.4) is 0 Å². The molecule has 1 atom stereocenters. The fourth-order valence-corrected chi connectivity index (χ4v) is 2.52. The van der Waals surface area contributed by atoms with E-state index < -0.39 is 0 Å². The predicted molar refractivity (Wildman–Crippen MR) is 81.2 cm³/mol. The maximum atomic E-state index is 13.7. The van der Waals surface area contributed by atoms with Crippen LogP contribution in [-0.4, -0.2) is 51.4 Å². The molecule has 1 heterocycles. The van der Waals surface area contributed by atoms with E-state index in [0.717, 1.165) is 51.4 Å². The molecule has 0 spiro atoms. The fraction of sp³-hybridized carbons (Fsp3) is 0.625. The summed E-state index contributed by atoms with van der Waals surface area (Å²) < 4.78 is 23.9. The van der Waals surface area contributed by atoms with Crippen LogP contribution in [0.1, 0.15) is 24.9 Å². The molecule has 21 heavy (non-hydrogen) atoms. The molecule has 1 aliphatic rings. The summed E-state index contributed by atoms with van der Waals surface area (Å²) >= 11 is 0. The van der Waals surface area contributed by atoms with Crippen molar-refractivity contribution in [2.45, 2.75) is 19.4 Å². The highest BCUT2D eigenvalue weighted by Crippen LogP contribution is 2.21. The molecule has 1 fully saturated rings. The zero-order valence-corrected chi connectivity index (χ0v) is 12.9. The molecule has 1 aliphatic heterocycles. The Kier molecular flexibility index (Phi) is 6.42. The van der Waals surface area contributed by atoms with Crippen molar-refractivity contribution in [3.63, 3.8) is 0 Å². The third-order valence-electron chi connectivity index (χ3n) is 3.88. The Morgan fingerprint density at radius 3 is 2.81 bits per heavy atom. The van der Waals surface area contributed by atoms with E-state index >= 15 is 0 Å². The molecular formula is C16H25FN2O2. The predicted octanol–water partition coefficient (Wildman–Crippen LogP) is 2.21. The minimum atomic E-state index is -0.308. The summed E-state index contributed by atoms with van der Waals surface area (Å²) in [5, 5.41) is 3.44. The van der Waals surface area contributed by atoms with Crippen LogP contribution in [0.25, 0.3) is 0 Å². The Bertz CT molecular complexity index is 436. The lowest BCUT2D eigenvalue weighted by Crippen LogP contribution is -2.37. The first-order valence-electron chi connectivity index (χ1n) is 7.57. The fourth-order valence-electron chi connectivity index (χ4n) is 2.52. The molecule has 1 aromatic rings. The van der Waals surface area contributed by atoms with E-state index in [1.165, 1.54) is 7.11 Å². The molecule has 1 unspecified atom stereocenters. The number of halogens is 1. The smallest absolute Gasteiger partial charge is 0.165 e. The van der Waals surface area contributed by atoms with Crippen LogP contribution in [0.4, 0.5) is 4.39 Å². The van der Waals surface area contributed by atoms with E-state index in [4.69, 9.17) is 9.47 Å². The molecule has 0 aromatic heterocycles. The Balaban J connectivity index is 1.71. The topological polar surface area (TPSA) is 33.7 Å². The van der Waals surface area contributed by atoms with Crippen molar-refractivity contribution in [3.8, 4) is 5.75 Å².